The minimum Gasteiger partial charge on any atom is -0.457 e. The third-order valence-corrected chi connectivity index (χ3v) is 2.78. The summed E-state index contributed by atoms with van der Waals surface area (Å²) in [7, 11) is 0. The molecule has 0 unspecified atom stereocenters. The van der Waals surface area contributed by atoms with E-state index in [1.807, 2.05) is 30.3 Å². The first-order valence-corrected chi connectivity index (χ1v) is 5.81. The Balaban J connectivity index is 2.09. The van der Waals surface area contributed by atoms with Gasteiger partial charge in [0.25, 0.3) is 0 Å². The summed E-state index contributed by atoms with van der Waals surface area (Å²) in [5.74, 6) is -0.512. The van der Waals surface area contributed by atoms with Crippen LogP contribution in [0.25, 0.3) is 0 Å². The van der Waals surface area contributed by atoms with Crippen molar-refractivity contribution in [2.45, 2.75) is 6.61 Å². The van der Waals surface area contributed by atoms with E-state index >= 15 is 0 Å². The third-order valence-electron chi connectivity index (χ3n) is 2.46. The Labute approximate surface area is 110 Å². The molecule has 0 fully saturated rings. The van der Waals surface area contributed by atoms with Crippen molar-refractivity contribution in [2.24, 2.45) is 0 Å². The van der Waals surface area contributed by atoms with Crippen LogP contribution in [0.5, 0.6) is 0 Å². The van der Waals surface area contributed by atoms with E-state index in [1.165, 1.54) is 0 Å². The van der Waals surface area contributed by atoms with Crippen LogP contribution in [-0.2, 0) is 11.3 Å². The maximum Gasteiger partial charge on any atom is 0.342 e. The van der Waals surface area contributed by atoms with Gasteiger partial charge in [-0.1, -0.05) is 48.0 Å². The van der Waals surface area contributed by atoms with E-state index in [1.54, 1.807) is 18.2 Å². The van der Waals surface area contributed by atoms with Gasteiger partial charge in [-0.25, -0.2) is 4.79 Å². The highest BCUT2D eigenvalue weighted by Gasteiger charge is 2.15. The Hall–Kier alpha value is -2.00. The van der Waals surface area contributed by atoms with Gasteiger partial charge >= 0.3 is 5.97 Å². The van der Waals surface area contributed by atoms with Crippen molar-refractivity contribution in [1.29, 1.82) is 0 Å². The van der Waals surface area contributed by atoms with Crippen molar-refractivity contribution in [3.8, 4) is 0 Å². The molecule has 0 aliphatic rings. The summed E-state index contributed by atoms with van der Waals surface area (Å²) in [6.07, 6.45) is 0. The SMILES string of the molecule is Nc1cccc(Cl)c1C(=O)OCc1ccccc1. The van der Waals surface area contributed by atoms with Crippen LogP contribution in [0.3, 0.4) is 0 Å². The lowest BCUT2D eigenvalue weighted by molar-refractivity contribution is 0.0474. The molecule has 0 spiro atoms. The summed E-state index contributed by atoms with van der Waals surface area (Å²) in [6, 6.07) is 14.3. The zero-order chi connectivity index (χ0) is 13.0. The van der Waals surface area contributed by atoms with E-state index in [9.17, 15) is 4.79 Å². The Kier molecular flexibility index (Phi) is 3.85. The maximum absolute atomic E-state index is 11.9. The molecule has 0 atom stereocenters. The molecule has 0 amide bonds. The monoisotopic (exact) mass is 261 g/mol. The van der Waals surface area contributed by atoms with Gasteiger partial charge in [0.2, 0.25) is 0 Å². The molecular formula is C14H12ClNO2. The van der Waals surface area contributed by atoms with Gasteiger partial charge in [0.05, 0.1) is 5.02 Å². The maximum atomic E-state index is 11.9. The van der Waals surface area contributed by atoms with Crippen LogP contribution in [0, 0.1) is 0 Å². The first kappa shape index (κ1) is 12.5. The van der Waals surface area contributed by atoms with Gasteiger partial charge in [-0.15, -0.1) is 0 Å². The van der Waals surface area contributed by atoms with E-state index in [2.05, 4.69) is 0 Å². The Morgan fingerprint density at radius 2 is 1.83 bits per heavy atom. The summed E-state index contributed by atoms with van der Waals surface area (Å²) in [4.78, 5) is 11.9. The van der Waals surface area contributed by atoms with Gasteiger partial charge in [0.15, 0.2) is 0 Å². The van der Waals surface area contributed by atoms with E-state index in [4.69, 9.17) is 22.1 Å². The topological polar surface area (TPSA) is 52.3 Å². The minimum absolute atomic E-state index is 0.199. The van der Waals surface area contributed by atoms with Crippen molar-refractivity contribution >= 4 is 23.3 Å². The zero-order valence-electron chi connectivity index (χ0n) is 9.60. The molecule has 0 radical (unpaired) electrons. The Bertz CT molecular complexity index is 535. The number of ether oxygens (including phenoxy) is 1. The summed E-state index contributed by atoms with van der Waals surface area (Å²) >= 11 is 5.93. The second-order valence-electron chi connectivity index (χ2n) is 3.77. The van der Waals surface area contributed by atoms with Gasteiger partial charge in [0, 0.05) is 5.69 Å². The Morgan fingerprint density at radius 3 is 2.50 bits per heavy atom. The molecule has 2 aromatic rings. The first-order chi connectivity index (χ1) is 8.68. The fourth-order valence-electron chi connectivity index (χ4n) is 1.55. The second-order valence-corrected chi connectivity index (χ2v) is 4.17. The van der Waals surface area contributed by atoms with Crippen LogP contribution < -0.4 is 5.73 Å². The Morgan fingerprint density at radius 1 is 1.11 bits per heavy atom. The van der Waals surface area contributed by atoms with E-state index in [0.717, 1.165) is 5.56 Å². The van der Waals surface area contributed by atoms with Crippen molar-refractivity contribution in [3.63, 3.8) is 0 Å². The molecule has 0 saturated heterocycles. The van der Waals surface area contributed by atoms with Gasteiger partial charge in [-0.2, -0.15) is 0 Å². The highest BCUT2D eigenvalue weighted by molar-refractivity contribution is 6.34. The summed E-state index contributed by atoms with van der Waals surface area (Å²) in [6.45, 7) is 0.199. The number of halogens is 1. The lowest BCUT2D eigenvalue weighted by atomic mass is 10.2. The molecule has 2 N–H and O–H groups in total. The molecule has 0 aliphatic carbocycles. The number of anilines is 1. The number of hydrogen-bond acceptors (Lipinski definition) is 3. The largest absolute Gasteiger partial charge is 0.457 e. The summed E-state index contributed by atoms with van der Waals surface area (Å²) < 4.78 is 5.17. The predicted molar refractivity (Wildman–Crippen MR) is 71.4 cm³/mol. The number of hydrogen-bond donors (Lipinski definition) is 1. The number of rotatable bonds is 3. The van der Waals surface area contributed by atoms with Crippen LogP contribution >= 0.6 is 11.6 Å². The van der Waals surface area contributed by atoms with Gasteiger partial charge in [-0.3, -0.25) is 0 Å². The van der Waals surface area contributed by atoms with Crippen LogP contribution in [0.4, 0.5) is 5.69 Å². The summed E-state index contributed by atoms with van der Waals surface area (Å²) in [5.41, 5.74) is 7.16. The van der Waals surface area contributed by atoms with Crippen molar-refractivity contribution < 1.29 is 9.53 Å². The molecule has 0 saturated carbocycles. The highest BCUT2D eigenvalue weighted by Crippen LogP contribution is 2.23. The van der Waals surface area contributed by atoms with Crippen LogP contribution in [0.15, 0.2) is 48.5 Å². The predicted octanol–water partition coefficient (Wildman–Crippen LogP) is 3.28. The fraction of sp³-hybridized carbons (Fsp3) is 0.0714. The molecule has 92 valence electrons. The number of esters is 1. The number of nitrogens with two attached hydrogens (primary N) is 1. The number of carbonyl (C=O) groups excluding carboxylic acids is 1. The van der Waals surface area contributed by atoms with Gasteiger partial charge in [-0.05, 0) is 17.7 Å². The summed E-state index contributed by atoms with van der Waals surface area (Å²) in [5, 5.41) is 0.299. The average Bonchev–Trinajstić information content (AvgIpc) is 2.37. The van der Waals surface area contributed by atoms with Crippen molar-refractivity contribution in [1.82, 2.24) is 0 Å². The first-order valence-electron chi connectivity index (χ1n) is 5.43. The molecule has 3 nitrogen and oxygen atoms in total. The molecule has 0 bridgehead atoms. The number of nitrogen functional groups attached to an aromatic ring is 1. The van der Waals surface area contributed by atoms with E-state index in [-0.39, 0.29) is 12.2 Å². The van der Waals surface area contributed by atoms with Gasteiger partial charge < -0.3 is 10.5 Å². The molecule has 18 heavy (non-hydrogen) atoms. The van der Waals surface area contributed by atoms with Crippen molar-refractivity contribution in [2.75, 3.05) is 5.73 Å². The molecular weight excluding hydrogens is 250 g/mol. The number of carbonyl (C=O) groups is 1. The molecule has 2 rings (SSSR count). The lowest BCUT2D eigenvalue weighted by Gasteiger charge is -2.08. The zero-order valence-corrected chi connectivity index (χ0v) is 10.4. The van der Waals surface area contributed by atoms with E-state index < -0.39 is 5.97 Å². The molecule has 2 aromatic carbocycles. The molecule has 0 aromatic heterocycles. The quantitative estimate of drug-likeness (QED) is 0.681. The standard InChI is InChI=1S/C14H12ClNO2/c15-11-7-4-8-12(16)13(11)14(17)18-9-10-5-2-1-3-6-10/h1-8H,9,16H2. The highest BCUT2D eigenvalue weighted by atomic mass is 35.5. The smallest absolute Gasteiger partial charge is 0.342 e. The fourth-order valence-corrected chi connectivity index (χ4v) is 1.81. The van der Waals surface area contributed by atoms with Crippen LogP contribution in [0.2, 0.25) is 5.02 Å². The molecule has 0 heterocycles. The number of benzene rings is 2. The second kappa shape index (κ2) is 5.56. The lowest BCUT2D eigenvalue weighted by Crippen LogP contribution is -2.09. The average molecular weight is 262 g/mol. The normalized spacial score (nSPS) is 10.1. The third kappa shape index (κ3) is 2.81. The molecule has 0 aliphatic heterocycles. The van der Waals surface area contributed by atoms with Crippen LogP contribution in [0.1, 0.15) is 15.9 Å². The van der Waals surface area contributed by atoms with E-state index in [0.29, 0.717) is 10.7 Å². The van der Waals surface area contributed by atoms with Crippen molar-refractivity contribution in [3.05, 3.63) is 64.7 Å². The van der Waals surface area contributed by atoms with Gasteiger partial charge in [0.1, 0.15) is 12.2 Å². The molecule has 4 heteroatoms. The minimum atomic E-state index is -0.512. The van der Waals surface area contributed by atoms with Crippen LogP contribution in [-0.4, -0.2) is 5.97 Å².